The normalized spacial score (nSPS) is 10.5. The lowest BCUT2D eigenvalue weighted by atomic mass is 10.1. The minimum Gasteiger partial charge on any atom is -0.337 e. The number of amides is 1. The van der Waals surface area contributed by atoms with E-state index in [0.717, 1.165) is 9.37 Å². The van der Waals surface area contributed by atoms with Crippen LogP contribution in [0.4, 0.5) is 4.39 Å². The molecule has 0 unspecified atom stereocenters. The van der Waals surface area contributed by atoms with Gasteiger partial charge in [0.25, 0.3) is 5.91 Å². The third-order valence-electron chi connectivity index (χ3n) is 3.10. The summed E-state index contributed by atoms with van der Waals surface area (Å²) >= 11 is 4.94. The van der Waals surface area contributed by atoms with Crippen LogP contribution in [-0.2, 0) is 6.54 Å². The summed E-state index contributed by atoms with van der Waals surface area (Å²) in [4.78, 5) is 14.9. The molecule has 110 valence electrons. The van der Waals surface area contributed by atoms with Crippen LogP contribution in [0.2, 0.25) is 0 Å². The molecule has 1 amide bonds. The van der Waals surface area contributed by atoms with E-state index in [4.69, 9.17) is 0 Å². The summed E-state index contributed by atoms with van der Waals surface area (Å²) < 4.78 is 14.5. The Labute approximate surface area is 136 Å². The highest BCUT2D eigenvalue weighted by molar-refractivity contribution is 9.10. The van der Waals surface area contributed by atoms with Crippen molar-refractivity contribution in [3.8, 4) is 0 Å². The van der Waals surface area contributed by atoms with Gasteiger partial charge in [0.05, 0.1) is 0 Å². The van der Waals surface area contributed by atoms with Gasteiger partial charge in [-0.05, 0) is 48.7 Å². The van der Waals surface area contributed by atoms with Gasteiger partial charge >= 0.3 is 0 Å². The average molecular weight is 368 g/mol. The number of benzene rings is 2. The molecule has 2 nitrogen and oxygen atoms in total. The van der Waals surface area contributed by atoms with Crippen molar-refractivity contribution in [3.05, 3.63) is 63.9 Å². The van der Waals surface area contributed by atoms with Gasteiger partial charge in [-0.25, -0.2) is 4.39 Å². The second kappa shape index (κ2) is 7.09. The smallest absolute Gasteiger partial charge is 0.253 e. The molecule has 0 aliphatic rings. The minimum atomic E-state index is -0.310. The predicted molar refractivity (Wildman–Crippen MR) is 88.1 cm³/mol. The first-order valence-corrected chi connectivity index (χ1v) is 8.36. The van der Waals surface area contributed by atoms with Gasteiger partial charge in [-0.15, -0.1) is 11.8 Å². The van der Waals surface area contributed by atoms with Gasteiger partial charge in [0, 0.05) is 34.1 Å². The van der Waals surface area contributed by atoms with Gasteiger partial charge in [0.2, 0.25) is 0 Å². The SMILES string of the molecule is CSc1ccc(C(=O)N(C)Cc2cc(Br)ccc2F)cc1. The number of rotatable bonds is 4. The third kappa shape index (κ3) is 4.08. The number of carbonyl (C=O) groups excluding carboxylic acids is 1. The van der Waals surface area contributed by atoms with Gasteiger partial charge in [0.15, 0.2) is 0 Å². The van der Waals surface area contributed by atoms with Crippen LogP contribution < -0.4 is 0 Å². The van der Waals surface area contributed by atoms with E-state index in [1.165, 1.54) is 11.0 Å². The number of halogens is 2. The maximum absolute atomic E-state index is 13.7. The minimum absolute atomic E-state index is 0.123. The molecule has 5 heteroatoms. The summed E-state index contributed by atoms with van der Waals surface area (Å²) in [5.74, 6) is -0.433. The predicted octanol–water partition coefficient (Wildman–Crippen LogP) is 4.58. The van der Waals surface area contributed by atoms with E-state index in [1.54, 1.807) is 43.1 Å². The van der Waals surface area contributed by atoms with Crippen molar-refractivity contribution in [2.45, 2.75) is 11.4 Å². The van der Waals surface area contributed by atoms with Gasteiger partial charge in [-0.3, -0.25) is 4.79 Å². The molecule has 0 saturated carbocycles. The van der Waals surface area contributed by atoms with Crippen LogP contribution in [-0.4, -0.2) is 24.1 Å². The van der Waals surface area contributed by atoms with Crippen LogP contribution in [0.15, 0.2) is 51.8 Å². The van der Waals surface area contributed by atoms with Gasteiger partial charge in [0.1, 0.15) is 5.82 Å². The Morgan fingerprint density at radius 2 is 1.90 bits per heavy atom. The van der Waals surface area contributed by atoms with Crippen molar-refractivity contribution in [1.29, 1.82) is 0 Å². The highest BCUT2D eigenvalue weighted by Gasteiger charge is 2.14. The molecule has 2 aromatic carbocycles. The molecular formula is C16H15BrFNOS. The number of nitrogens with zero attached hydrogens (tertiary/aromatic N) is 1. The largest absolute Gasteiger partial charge is 0.337 e. The molecule has 0 atom stereocenters. The van der Waals surface area contributed by atoms with Crippen molar-refractivity contribution in [2.24, 2.45) is 0 Å². The monoisotopic (exact) mass is 367 g/mol. The lowest BCUT2D eigenvalue weighted by molar-refractivity contribution is 0.0784. The standard InChI is InChI=1S/C16H15BrFNOS/c1-19(10-12-9-13(17)5-8-15(12)18)16(20)11-3-6-14(21-2)7-4-11/h3-9H,10H2,1-2H3. The van der Waals surface area contributed by atoms with E-state index >= 15 is 0 Å². The quantitative estimate of drug-likeness (QED) is 0.737. The molecular weight excluding hydrogens is 353 g/mol. The van der Waals surface area contributed by atoms with Crippen molar-refractivity contribution in [2.75, 3.05) is 13.3 Å². The number of carbonyl (C=O) groups is 1. The molecule has 2 aromatic rings. The topological polar surface area (TPSA) is 20.3 Å². The molecule has 0 saturated heterocycles. The summed E-state index contributed by atoms with van der Waals surface area (Å²) in [6.07, 6.45) is 1.99. The Morgan fingerprint density at radius 3 is 2.52 bits per heavy atom. The third-order valence-corrected chi connectivity index (χ3v) is 4.34. The van der Waals surface area contributed by atoms with E-state index in [1.807, 2.05) is 18.4 Å². The fourth-order valence-electron chi connectivity index (χ4n) is 1.95. The molecule has 0 aliphatic carbocycles. The molecule has 0 spiro atoms. The fourth-order valence-corrected chi connectivity index (χ4v) is 2.76. The highest BCUT2D eigenvalue weighted by Crippen LogP contribution is 2.19. The summed E-state index contributed by atoms with van der Waals surface area (Å²) in [5, 5.41) is 0. The van der Waals surface area contributed by atoms with E-state index in [0.29, 0.717) is 11.1 Å². The van der Waals surface area contributed by atoms with Crippen LogP contribution in [0.3, 0.4) is 0 Å². The van der Waals surface area contributed by atoms with Crippen LogP contribution >= 0.6 is 27.7 Å². The zero-order valence-electron chi connectivity index (χ0n) is 11.8. The summed E-state index contributed by atoms with van der Waals surface area (Å²) in [5.41, 5.74) is 1.09. The Balaban J connectivity index is 2.13. The van der Waals surface area contributed by atoms with E-state index in [9.17, 15) is 9.18 Å². The summed E-state index contributed by atoms with van der Waals surface area (Å²) in [6, 6.07) is 12.1. The Hall–Kier alpha value is -1.33. The van der Waals surface area contributed by atoms with Gasteiger partial charge in [-0.2, -0.15) is 0 Å². The van der Waals surface area contributed by atoms with Crippen molar-refractivity contribution < 1.29 is 9.18 Å². The van der Waals surface area contributed by atoms with E-state index in [2.05, 4.69) is 15.9 Å². The maximum Gasteiger partial charge on any atom is 0.253 e. The fraction of sp³-hybridized carbons (Fsp3) is 0.188. The van der Waals surface area contributed by atoms with Crippen LogP contribution in [0.1, 0.15) is 15.9 Å². The molecule has 0 fully saturated rings. The highest BCUT2D eigenvalue weighted by atomic mass is 79.9. The van der Waals surface area contributed by atoms with Crippen molar-refractivity contribution >= 4 is 33.6 Å². The molecule has 2 rings (SSSR count). The molecule has 0 bridgehead atoms. The van der Waals surface area contributed by atoms with Crippen LogP contribution in [0, 0.1) is 5.82 Å². The average Bonchev–Trinajstić information content (AvgIpc) is 2.50. The first kappa shape index (κ1) is 16.0. The van der Waals surface area contributed by atoms with Gasteiger partial charge in [-0.1, -0.05) is 15.9 Å². The lowest BCUT2D eigenvalue weighted by Gasteiger charge is -2.18. The first-order valence-electron chi connectivity index (χ1n) is 6.34. The zero-order chi connectivity index (χ0) is 15.4. The zero-order valence-corrected chi connectivity index (χ0v) is 14.2. The van der Waals surface area contributed by atoms with E-state index in [-0.39, 0.29) is 18.3 Å². The summed E-state index contributed by atoms with van der Waals surface area (Å²) in [6.45, 7) is 0.231. The van der Waals surface area contributed by atoms with E-state index < -0.39 is 0 Å². The van der Waals surface area contributed by atoms with Crippen LogP contribution in [0.5, 0.6) is 0 Å². The summed E-state index contributed by atoms with van der Waals surface area (Å²) in [7, 11) is 1.67. The number of thioether (sulfide) groups is 1. The van der Waals surface area contributed by atoms with Crippen molar-refractivity contribution in [3.63, 3.8) is 0 Å². The first-order chi connectivity index (χ1) is 10.0. The molecule has 21 heavy (non-hydrogen) atoms. The molecule has 0 radical (unpaired) electrons. The van der Waals surface area contributed by atoms with Crippen molar-refractivity contribution in [1.82, 2.24) is 4.90 Å². The molecule has 0 N–H and O–H groups in total. The molecule has 0 aliphatic heterocycles. The van der Waals surface area contributed by atoms with Gasteiger partial charge < -0.3 is 4.90 Å². The number of hydrogen-bond acceptors (Lipinski definition) is 2. The van der Waals surface area contributed by atoms with Crippen LogP contribution in [0.25, 0.3) is 0 Å². The maximum atomic E-state index is 13.7. The lowest BCUT2D eigenvalue weighted by Crippen LogP contribution is -2.26. The Kier molecular flexibility index (Phi) is 5.42. The second-order valence-electron chi connectivity index (χ2n) is 4.63. The second-order valence-corrected chi connectivity index (χ2v) is 6.42. The molecule has 0 aromatic heterocycles. The Bertz CT molecular complexity index is 645. The molecule has 0 heterocycles. The number of hydrogen-bond donors (Lipinski definition) is 0. The Morgan fingerprint density at radius 1 is 1.24 bits per heavy atom.